The van der Waals surface area contributed by atoms with E-state index in [4.69, 9.17) is 5.10 Å². The van der Waals surface area contributed by atoms with Gasteiger partial charge in [-0.15, -0.1) is 10.2 Å². The lowest BCUT2D eigenvalue weighted by molar-refractivity contribution is 0.808. The summed E-state index contributed by atoms with van der Waals surface area (Å²) in [5, 5.41) is 13.5. The zero-order chi connectivity index (χ0) is 16.3. The van der Waals surface area contributed by atoms with Crippen LogP contribution in [0, 0.1) is 20.8 Å². The maximum absolute atomic E-state index is 4.85. The summed E-state index contributed by atoms with van der Waals surface area (Å²) in [5.74, 6) is 2.00. The molecule has 3 aromatic rings. The fourth-order valence-corrected chi connectivity index (χ4v) is 3.75. The molecule has 0 N–H and O–H groups in total. The van der Waals surface area contributed by atoms with Gasteiger partial charge < -0.3 is 0 Å². The molecule has 0 aromatic carbocycles. The molecule has 4 rings (SSSR count). The van der Waals surface area contributed by atoms with Crippen molar-refractivity contribution in [2.45, 2.75) is 59.3 Å². The van der Waals surface area contributed by atoms with Crippen LogP contribution in [0.4, 0.5) is 0 Å². The van der Waals surface area contributed by atoms with E-state index >= 15 is 0 Å². The van der Waals surface area contributed by atoms with Crippen LogP contribution in [0.25, 0.3) is 11.3 Å². The van der Waals surface area contributed by atoms with E-state index < -0.39 is 0 Å². The standard InChI is InChI=1S/C18H23N5/c1-10(2)16-11(3)21-23(12(16)4)15-8-9-22-13(5)19-20-18(22)17(15)14-6-7-14/h8-10,14H,6-7H2,1-5H3. The third kappa shape index (κ3) is 2.10. The first kappa shape index (κ1) is 14.4. The fourth-order valence-electron chi connectivity index (χ4n) is 3.75. The van der Waals surface area contributed by atoms with E-state index in [-0.39, 0.29) is 0 Å². The Kier molecular flexibility index (Phi) is 3.08. The lowest BCUT2D eigenvalue weighted by Crippen LogP contribution is -2.06. The number of aromatic nitrogens is 5. The van der Waals surface area contributed by atoms with Gasteiger partial charge in [0.25, 0.3) is 0 Å². The van der Waals surface area contributed by atoms with Crippen molar-refractivity contribution in [1.82, 2.24) is 24.4 Å². The summed E-state index contributed by atoms with van der Waals surface area (Å²) in [4.78, 5) is 0. The minimum Gasteiger partial charge on any atom is -0.286 e. The van der Waals surface area contributed by atoms with Crippen molar-refractivity contribution in [2.75, 3.05) is 0 Å². The third-order valence-corrected chi connectivity index (χ3v) is 4.90. The largest absolute Gasteiger partial charge is 0.286 e. The van der Waals surface area contributed by atoms with Crippen molar-refractivity contribution in [3.8, 4) is 5.69 Å². The zero-order valence-electron chi connectivity index (χ0n) is 14.5. The SMILES string of the molecule is Cc1nn(-c2ccn3c(C)nnc3c2C2CC2)c(C)c1C(C)C. The average molecular weight is 309 g/mol. The summed E-state index contributed by atoms with van der Waals surface area (Å²) in [6, 6.07) is 2.17. The number of rotatable bonds is 3. The van der Waals surface area contributed by atoms with E-state index in [0.717, 1.165) is 17.2 Å². The molecule has 120 valence electrons. The molecule has 0 radical (unpaired) electrons. The van der Waals surface area contributed by atoms with Crippen LogP contribution in [0.3, 0.4) is 0 Å². The zero-order valence-corrected chi connectivity index (χ0v) is 14.5. The highest BCUT2D eigenvalue weighted by Gasteiger charge is 2.31. The molecular weight excluding hydrogens is 286 g/mol. The Hall–Kier alpha value is -2.17. The summed E-state index contributed by atoms with van der Waals surface area (Å²) < 4.78 is 4.20. The van der Waals surface area contributed by atoms with E-state index in [1.165, 1.54) is 35.3 Å². The molecular formula is C18H23N5. The average Bonchev–Trinajstić information content (AvgIpc) is 3.20. The third-order valence-electron chi connectivity index (χ3n) is 4.90. The number of hydrogen-bond acceptors (Lipinski definition) is 3. The monoisotopic (exact) mass is 309 g/mol. The molecule has 23 heavy (non-hydrogen) atoms. The molecule has 5 heteroatoms. The Morgan fingerprint density at radius 1 is 1.13 bits per heavy atom. The molecule has 0 saturated heterocycles. The fraction of sp³-hybridized carbons (Fsp3) is 0.500. The minimum absolute atomic E-state index is 0.479. The lowest BCUT2D eigenvalue weighted by Gasteiger charge is -2.13. The van der Waals surface area contributed by atoms with Crippen LogP contribution >= 0.6 is 0 Å². The topological polar surface area (TPSA) is 48.0 Å². The van der Waals surface area contributed by atoms with Gasteiger partial charge in [-0.05, 0) is 57.1 Å². The molecule has 3 heterocycles. The Morgan fingerprint density at radius 3 is 2.48 bits per heavy atom. The predicted molar refractivity (Wildman–Crippen MR) is 90.4 cm³/mol. The van der Waals surface area contributed by atoms with Crippen molar-refractivity contribution < 1.29 is 0 Å². The first-order chi connectivity index (χ1) is 11.0. The Morgan fingerprint density at radius 2 is 1.87 bits per heavy atom. The van der Waals surface area contributed by atoms with E-state index in [2.05, 4.69) is 59.2 Å². The Bertz CT molecular complexity index is 896. The maximum atomic E-state index is 4.85. The summed E-state index contributed by atoms with van der Waals surface area (Å²) in [7, 11) is 0. The van der Waals surface area contributed by atoms with Gasteiger partial charge in [0.1, 0.15) is 5.82 Å². The van der Waals surface area contributed by atoms with Gasteiger partial charge in [-0.3, -0.25) is 4.40 Å². The predicted octanol–water partition coefficient (Wildman–Crippen LogP) is 3.84. The van der Waals surface area contributed by atoms with Crippen molar-refractivity contribution >= 4 is 5.65 Å². The normalized spacial score (nSPS) is 15.0. The number of pyridine rings is 1. The molecule has 1 aliphatic rings. The highest BCUT2D eigenvalue weighted by Crippen LogP contribution is 2.44. The summed E-state index contributed by atoms with van der Waals surface area (Å²) in [6.45, 7) is 10.7. The molecule has 3 aromatic heterocycles. The van der Waals surface area contributed by atoms with Gasteiger partial charge in [0.2, 0.25) is 0 Å². The molecule has 0 spiro atoms. The maximum Gasteiger partial charge on any atom is 0.166 e. The summed E-state index contributed by atoms with van der Waals surface area (Å²) >= 11 is 0. The first-order valence-corrected chi connectivity index (χ1v) is 8.39. The second-order valence-corrected chi connectivity index (χ2v) is 6.98. The van der Waals surface area contributed by atoms with Gasteiger partial charge in [0.15, 0.2) is 5.65 Å². The van der Waals surface area contributed by atoms with Crippen LogP contribution in [-0.2, 0) is 0 Å². The summed E-state index contributed by atoms with van der Waals surface area (Å²) in [5.41, 5.74) is 7.16. The summed E-state index contributed by atoms with van der Waals surface area (Å²) in [6.07, 6.45) is 4.53. The van der Waals surface area contributed by atoms with Crippen LogP contribution in [-0.4, -0.2) is 24.4 Å². The van der Waals surface area contributed by atoms with Gasteiger partial charge >= 0.3 is 0 Å². The molecule has 0 aliphatic heterocycles. The highest BCUT2D eigenvalue weighted by molar-refractivity contribution is 5.62. The Labute approximate surface area is 136 Å². The van der Waals surface area contributed by atoms with Crippen molar-refractivity contribution in [1.29, 1.82) is 0 Å². The van der Waals surface area contributed by atoms with E-state index in [9.17, 15) is 0 Å². The van der Waals surface area contributed by atoms with E-state index in [1.54, 1.807) is 0 Å². The van der Waals surface area contributed by atoms with Crippen LogP contribution in [0.2, 0.25) is 0 Å². The number of aryl methyl sites for hydroxylation is 2. The van der Waals surface area contributed by atoms with Crippen LogP contribution in [0.5, 0.6) is 0 Å². The molecule has 0 atom stereocenters. The molecule has 0 unspecified atom stereocenters. The molecule has 1 aliphatic carbocycles. The quantitative estimate of drug-likeness (QED) is 0.738. The van der Waals surface area contributed by atoms with Crippen LogP contribution in [0.15, 0.2) is 12.3 Å². The molecule has 5 nitrogen and oxygen atoms in total. The van der Waals surface area contributed by atoms with Crippen molar-refractivity contribution in [3.05, 3.63) is 40.6 Å². The van der Waals surface area contributed by atoms with Crippen LogP contribution in [0.1, 0.15) is 66.9 Å². The Balaban J connectivity index is 2.00. The van der Waals surface area contributed by atoms with E-state index in [1.807, 2.05) is 6.92 Å². The van der Waals surface area contributed by atoms with E-state index in [0.29, 0.717) is 11.8 Å². The molecule has 0 amide bonds. The van der Waals surface area contributed by atoms with Gasteiger partial charge in [-0.1, -0.05) is 13.8 Å². The van der Waals surface area contributed by atoms with Gasteiger partial charge in [0, 0.05) is 17.5 Å². The van der Waals surface area contributed by atoms with Crippen molar-refractivity contribution in [2.24, 2.45) is 0 Å². The molecule has 1 saturated carbocycles. The van der Waals surface area contributed by atoms with Crippen molar-refractivity contribution in [3.63, 3.8) is 0 Å². The number of hydrogen-bond donors (Lipinski definition) is 0. The molecule has 1 fully saturated rings. The lowest BCUT2D eigenvalue weighted by atomic mass is 10.0. The second kappa shape index (κ2) is 4.91. The van der Waals surface area contributed by atoms with Gasteiger partial charge in [-0.2, -0.15) is 5.10 Å². The number of fused-ring (bicyclic) bond motifs is 1. The number of nitrogens with zero attached hydrogens (tertiary/aromatic N) is 5. The van der Waals surface area contributed by atoms with Gasteiger partial charge in [-0.25, -0.2) is 4.68 Å². The second-order valence-electron chi connectivity index (χ2n) is 6.98. The molecule has 0 bridgehead atoms. The van der Waals surface area contributed by atoms with Gasteiger partial charge in [0.05, 0.1) is 11.4 Å². The minimum atomic E-state index is 0.479. The smallest absolute Gasteiger partial charge is 0.166 e. The highest BCUT2D eigenvalue weighted by atomic mass is 15.3. The van der Waals surface area contributed by atoms with Crippen LogP contribution < -0.4 is 0 Å². The first-order valence-electron chi connectivity index (χ1n) is 8.39.